The van der Waals surface area contributed by atoms with E-state index < -0.39 is 0 Å². The average molecular weight is 143 g/mol. The predicted octanol–water partition coefficient (Wildman–Crippen LogP) is 1.21. The first-order valence-electron chi connectivity index (χ1n) is 3.31. The van der Waals surface area contributed by atoms with Gasteiger partial charge in [-0.3, -0.25) is 0 Å². The van der Waals surface area contributed by atoms with Crippen molar-refractivity contribution in [2.45, 2.75) is 6.42 Å². The number of nitriles is 1. The normalized spacial score (nSPS) is 19.7. The summed E-state index contributed by atoms with van der Waals surface area (Å²) in [4.78, 5) is 0. The Bertz CT molecular complexity index is 350. The van der Waals surface area contributed by atoms with Gasteiger partial charge < -0.3 is 0 Å². The van der Waals surface area contributed by atoms with Crippen LogP contribution >= 0.6 is 0 Å². The first kappa shape index (κ1) is 6.05. The maximum atomic E-state index is 8.57. The Balaban J connectivity index is 2.39. The molecule has 2 rings (SSSR count). The molecule has 1 aliphatic heterocycles. The third kappa shape index (κ3) is 0.887. The Kier molecular flexibility index (Phi) is 1.19. The minimum atomic E-state index is 0.627. The van der Waals surface area contributed by atoms with Gasteiger partial charge in [0.15, 0.2) is 0 Å². The van der Waals surface area contributed by atoms with Crippen LogP contribution in [0.15, 0.2) is 33.5 Å². The second-order valence-corrected chi connectivity index (χ2v) is 2.39. The number of fused-ring (bicyclic) bond motifs is 1. The van der Waals surface area contributed by atoms with Crippen LogP contribution in [-0.2, 0) is 0 Å². The fourth-order valence-corrected chi connectivity index (χ4v) is 1.08. The van der Waals surface area contributed by atoms with Gasteiger partial charge in [-0.05, 0) is 6.08 Å². The molecular formula is C8H5N3. The fraction of sp³-hybridized carbons (Fsp3) is 0.125. The molecule has 1 aliphatic carbocycles. The Morgan fingerprint density at radius 1 is 1.45 bits per heavy atom. The van der Waals surface area contributed by atoms with Crippen LogP contribution in [0.4, 0.5) is 0 Å². The molecule has 0 saturated carbocycles. The molecule has 0 atom stereocenters. The summed E-state index contributed by atoms with van der Waals surface area (Å²) in [5.41, 5.74) is 2.69. The smallest absolute Gasteiger partial charge is 0.0951 e. The van der Waals surface area contributed by atoms with Crippen LogP contribution in [0.3, 0.4) is 0 Å². The maximum absolute atomic E-state index is 8.57. The molecule has 0 aromatic carbocycles. The molecule has 0 fully saturated rings. The lowest BCUT2D eigenvalue weighted by molar-refractivity contribution is 1.23. The van der Waals surface area contributed by atoms with Crippen molar-refractivity contribution in [3.8, 4) is 6.07 Å². The van der Waals surface area contributed by atoms with Crippen molar-refractivity contribution in [2.24, 2.45) is 10.2 Å². The van der Waals surface area contributed by atoms with Crippen LogP contribution in [0.2, 0.25) is 0 Å². The highest BCUT2D eigenvalue weighted by Crippen LogP contribution is 2.17. The molecule has 0 spiro atoms. The Labute approximate surface area is 64.1 Å². The zero-order chi connectivity index (χ0) is 7.68. The van der Waals surface area contributed by atoms with Crippen molar-refractivity contribution < 1.29 is 0 Å². The molecular weight excluding hydrogens is 138 g/mol. The molecule has 2 aliphatic rings. The van der Waals surface area contributed by atoms with Crippen molar-refractivity contribution in [1.29, 1.82) is 5.26 Å². The van der Waals surface area contributed by atoms with Crippen LogP contribution in [0.5, 0.6) is 0 Å². The van der Waals surface area contributed by atoms with Crippen molar-refractivity contribution in [3.05, 3.63) is 23.3 Å². The largest absolute Gasteiger partial charge is 0.193 e. The van der Waals surface area contributed by atoms with Gasteiger partial charge in [0.2, 0.25) is 0 Å². The average Bonchev–Trinajstić information content (AvgIpc) is 2.50. The summed E-state index contributed by atoms with van der Waals surface area (Å²) in [5, 5.41) is 16.2. The van der Waals surface area contributed by atoms with Crippen LogP contribution in [-0.4, -0.2) is 11.9 Å². The highest BCUT2D eigenvalue weighted by atomic mass is 15.2. The van der Waals surface area contributed by atoms with Gasteiger partial charge in [0.05, 0.1) is 18.0 Å². The van der Waals surface area contributed by atoms with E-state index in [2.05, 4.69) is 16.3 Å². The molecule has 0 aromatic rings. The minimum Gasteiger partial charge on any atom is -0.193 e. The summed E-state index contributed by atoms with van der Waals surface area (Å²) in [7, 11) is 0. The van der Waals surface area contributed by atoms with Gasteiger partial charge in [0, 0.05) is 17.6 Å². The van der Waals surface area contributed by atoms with E-state index >= 15 is 0 Å². The zero-order valence-corrected chi connectivity index (χ0v) is 5.78. The van der Waals surface area contributed by atoms with E-state index in [1.54, 1.807) is 6.21 Å². The van der Waals surface area contributed by atoms with E-state index in [4.69, 9.17) is 5.26 Å². The van der Waals surface area contributed by atoms with Gasteiger partial charge in [-0.25, -0.2) is 0 Å². The van der Waals surface area contributed by atoms with Crippen LogP contribution in [0, 0.1) is 11.3 Å². The number of allylic oxidation sites excluding steroid dienone is 4. The Morgan fingerprint density at radius 2 is 2.36 bits per heavy atom. The lowest BCUT2D eigenvalue weighted by atomic mass is 9.98. The van der Waals surface area contributed by atoms with Gasteiger partial charge in [0.25, 0.3) is 0 Å². The van der Waals surface area contributed by atoms with Crippen LogP contribution in [0.25, 0.3) is 0 Å². The molecule has 11 heavy (non-hydrogen) atoms. The van der Waals surface area contributed by atoms with Crippen molar-refractivity contribution in [1.82, 2.24) is 0 Å². The number of hydrogen-bond donors (Lipinski definition) is 0. The van der Waals surface area contributed by atoms with E-state index in [9.17, 15) is 0 Å². The predicted molar refractivity (Wildman–Crippen MR) is 42.3 cm³/mol. The summed E-state index contributed by atoms with van der Waals surface area (Å²) in [6, 6.07) is 2.10. The molecule has 3 nitrogen and oxygen atoms in total. The van der Waals surface area contributed by atoms with Gasteiger partial charge in [-0.15, -0.1) is 0 Å². The van der Waals surface area contributed by atoms with Gasteiger partial charge in [-0.2, -0.15) is 15.5 Å². The highest BCUT2D eigenvalue weighted by Gasteiger charge is 2.14. The molecule has 0 radical (unpaired) electrons. The number of hydrogen-bond acceptors (Lipinski definition) is 3. The Hall–Kier alpha value is -1.69. The SMILES string of the molecule is N#CC1=CC=C2C=NN=C2C1. The molecule has 0 bridgehead atoms. The molecule has 1 heterocycles. The fourth-order valence-electron chi connectivity index (χ4n) is 1.08. The third-order valence-electron chi connectivity index (χ3n) is 1.67. The van der Waals surface area contributed by atoms with Crippen molar-refractivity contribution in [3.63, 3.8) is 0 Å². The van der Waals surface area contributed by atoms with Gasteiger partial charge in [0.1, 0.15) is 0 Å². The van der Waals surface area contributed by atoms with Crippen molar-refractivity contribution >= 4 is 11.9 Å². The topological polar surface area (TPSA) is 48.5 Å². The summed E-state index contributed by atoms with van der Waals surface area (Å²) in [5.74, 6) is 0. The highest BCUT2D eigenvalue weighted by molar-refractivity contribution is 6.20. The second kappa shape index (κ2) is 2.17. The van der Waals surface area contributed by atoms with Crippen LogP contribution < -0.4 is 0 Å². The maximum Gasteiger partial charge on any atom is 0.0951 e. The van der Waals surface area contributed by atoms with E-state index in [-0.39, 0.29) is 0 Å². The quantitative estimate of drug-likeness (QED) is 0.502. The van der Waals surface area contributed by atoms with Crippen LogP contribution in [0.1, 0.15) is 6.42 Å². The Morgan fingerprint density at radius 3 is 3.18 bits per heavy atom. The minimum absolute atomic E-state index is 0.627. The lowest BCUT2D eigenvalue weighted by Crippen LogP contribution is -2.04. The van der Waals surface area contributed by atoms with Gasteiger partial charge >= 0.3 is 0 Å². The van der Waals surface area contributed by atoms with E-state index in [0.29, 0.717) is 6.42 Å². The molecule has 3 heteroatoms. The molecule has 0 saturated heterocycles. The molecule has 0 N–H and O–H groups in total. The second-order valence-electron chi connectivity index (χ2n) is 2.39. The summed E-state index contributed by atoms with van der Waals surface area (Å²) < 4.78 is 0. The molecule has 52 valence electrons. The van der Waals surface area contributed by atoms with E-state index in [1.165, 1.54) is 0 Å². The molecule has 0 unspecified atom stereocenters. The lowest BCUT2D eigenvalue weighted by Gasteiger charge is -2.03. The first-order chi connectivity index (χ1) is 5.40. The monoisotopic (exact) mass is 143 g/mol. The third-order valence-corrected chi connectivity index (χ3v) is 1.67. The molecule has 0 aromatic heterocycles. The first-order valence-corrected chi connectivity index (χ1v) is 3.31. The summed E-state index contributed by atoms with van der Waals surface area (Å²) >= 11 is 0. The standard InChI is InChI=1S/C8H5N3/c9-4-6-1-2-7-5-10-11-8(7)3-6/h1-2,5H,3H2. The number of nitrogens with zero attached hydrogens (tertiary/aromatic N) is 3. The summed E-state index contributed by atoms with van der Waals surface area (Å²) in [6.07, 6.45) is 6.02. The number of rotatable bonds is 0. The van der Waals surface area contributed by atoms with E-state index in [0.717, 1.165) is 16.9 Å². The molecule has 0 amide bonds. The summed E-state index contributed by atoms with van der Waals surface area (Å²) in [6.45, 7) is 0. The van der Waals surface area contributed by atoms with E-state index in [1.807, 2.05) is 12.2 Å². The zero-order valence-electron chi connectivity index (χ0n) is 5.78. The van der Waals surface area contributed by atoms with Crippen molar-refractivity contribution in [2.75, 3.05) is 0 Å². The van der Waals surface area contributed by atoms with Gasteiger partial charge in [-0.1, -0.05) is 6.08 Å².